The number of amides is 1. The first-order valence-electron chi connectivity index (χ1n) is 6.33. The average Bonchev–Trinajstić information content (AvgIpc) is 2.28. The zero-order valence-corrected chi connectivity index (χ0v) is 10.4. The molecule has 2 unspecified atom stereocenters. The van der Waals surface area contributed by atoms with E-state index in [1.807, 2.05) is 6.92 Å². The van der Waals surface area contributed by atoms with Gasteiger partial charge < -0.3 is 15.4 Å². The molecular formula is C12H24N2O2. The fourth-order valence-corrected chi connectivity index (χ4v) is 1.90. The highest BCUT2D eigenvalue weighted by Crippen LogP contribution is 2.07. The number of rotatable bonds is 6. The van der Waals surface area contributed by atoms with Crippen molar-refractivity contribution in [3.8, 4) is 0 Å². The summed E-state index contributed by atoms with van der Waals surface area (Å²) in [6.07, 6.45) is 3.62. The van der Waals surface area contributed by atoms with Crippen molar-refractivity contribution >= 4 is 5.91 Å². The maximum Gasteiger partial charge on any atom is 0.220 e. The van der Waals surface area contributed by atoms with E-state index >= 15 is 0 Å². The summed E-state index contributed by atoms with van der Waals surface area (Å²) in [6.45, 7) is 6.46. The molecular weight excluding hydrogens is 204 g/mol. The van der Waals surface area contributed by atoms with E-state index in [9.17, 15) is 4.79 Å². The molecule has 1 aliphatic heterocycles. The van der Waals surface area contributed by atoms with Crippen LogP contribution in [0.15, 0.2) is 0 Å². The van der Waals surface area contributed by atoms with Gasteiger partial charge >= 0.3 is 0 Å². The molecule has 2 atom stereocenters. The van der Waals surface area contributed by atoms with Crippen molar-refractivity contribution < 1.29 is 9.53 Å². The van der Waals surface area contributed by atoms with Gasteiger partial charge in [0, 0.05) is 38.3 Å². The largest absolute Gasteiger partial charge is 0.382 e. The molecule has 0 aromatic heterocycles. The van der Waals surface area contributed by atoms with E-state index in [2.05, 4.69) is 17.6 Å². The second kappa shape index (κ2) is 7.63. The highest BCUT2D eigenvalue weighted by Gasteiger charge is 2.18. The smallest absolute Gasteiger partial charge is 0.220 e. The minimum atomic E-state index is 0.154. The van der Waals surface area contributed by atoms with Crippen molar-refractivity contribution in [2.75, 3.05) is 19.8 Å². The van der Waals surface area contributed by atoms with Crippen molar-refractivity contribution in [1.82, 2.24) is 10.6 Å². The summed E-state index contributed by atoms with van der Waals surface area (Å²) in [5, 5.41) is 6.43. The van der Waals surface area contributed by atoms with E-state index in [1.165, 1.54) is 0 Å². The van der Waals surface area contributed by atoms with Crippen LogP contribution >= 0.6 is 0 Å². The Morgan fingerprint density at radius 3 is 2.94 bits per heavy atom. The van der Waals surface area contributed by atoms with Gasteiger partial charge in [-0.1, -0.05) is 0 Å². The molecule has 1 saturated heterocycles. The third-order valence-corrected chi connectivity index (χ3v) is 2.92. The van der Waals surface area contributed by atoms with Crippen LogP contribution in [0.25, 0.3) is 0 Å². The molecule has 4 nitrogen and oxygen atoms in total. The average molecular weight is 228 g/mol. The Bertz CT molecular complexity index is 201. The Balaban J connectivity index is 2.05. The first-order chi connectivity index (χ1) is 7.72. The molecule has 4 heteroatoms. The topological polar surface area (TPSA) is 50.4 Å². The van der Waals surface area contributed by atoms with Crippen molar-refractivity contribution in [2.24, 2.45) is 0 Å². The lowest BCUT2D eigenvalue weighted by molar-refractivity contribution is -0.122. The van der Waals surface area contributed by atoms with E-state index in [0.29, 0.717) is 25.1 Å². The summed E-state index contributed by atoms with van der Waals surface area (Å²) in [4.78, 5) is 11.6. The molecule has 16 heavy (non-hydrogen) atoms. The highest BCUT2D eigenvalue weighted by atomic mass is 16.5. The summed E-state index contributed by atoms with van der Waals surface area (Å²) < 4.78 is 5.20. The third kappa shape index (κ3) is 5.47. The van der Waals surface area contributed by atoms with Gasteiger partial charge in [0.25, 0.3) is 0 Å². The van der Waals surface area contributed by atoms with Crippen LogP contribution in [-0.4, -0.2) is 37.7 Å². The number of piperidine rings is 1. The molecule has 0 spiro atoms. The van der Waals surface area contributed by atoms with Gasteiger partial charge in [-0.05, 0) is 33.1 Å². The predicted molar refractivity (Wildman–Crippen MR) is 64.4 cm³/mol. The summed E-state index contributed by atoms with van der Waals surface area (Å²) in [5.74, 6) is 0.154. The number of carbonyl (C=O) groups excluding carboxylic acids is 1. The van der Waals surface area contributed by atoms with E-state index < -0.39 is 0 Å². The first-order valence-corrected chi connectivity index (χ1v) is 6.33. The Hall–Kier alpha value is -0.610. The summed E-state index contributed by atoms with van der Waals surface area (Å²) in [5.41, 5.74) is 0. The van der Waals surface area contributed by atoms with Crippen molar-refractivity contribution in [2.45, 2.75) is 51.6 Å². The molecule has 1 heterocycles. The third-order valence-electron chi connectivity index (χ3n) is 2.92. The number of ether oxygens (including phenoxy) is 1. The molecule has 0 aromatic rings. The predicted octanol–water partition coefficient (Wildman–Crippen LogP) is 1.06. The van der Waals surface area contributed by atoms with E-state index in [-0.39, 0.29) is 5.91 Å². The van der Waals surface area contributed by atoms with E-state index in [0.717, 1.165) is 32.4 Å². The molecule has 0 saturated carbocycles. The minimum Gasteiger partial charge on any atom is -0.382 e. The summed E-state index contributed by atoms with van der Waals surface area (Å²) in [6, 6.07) is 0.905. The normalized spacial score (nSPS) is 25.4. The van der Waals surface area contributed by atoms with Crippen LogP contribution in [0, 0.1) is 0 Å². The fourth-order valence-electron chi connectivity index (χ4n) is 1.90. The van der Waals surface area contributed by atoms with Crippen LogP contribution in [0.4, 0.5) is 0 Å². The minimum absolute atomic E-state index is 0.154. The maximum atomic E-state index is 11.6. The monoisotopic (exact) mass is 228 g/mol. The molecule has 2 N–H and O–H groups in total. The lowest BCUT2D eigenvalue weighted by atomic mass is 10.0. The maximum absolute atomic E-state index is 11.6. The summed E-state index contributed by atoms with van der Waals surface area (Å²) >= 11 is 0. The number of nitrogens with one attached hydrogen (secondary N) is 2. The quantitative estimate of drug-likeness (QED) is 0.668. The van der Waals surface area contributed by atoms with Crippen LogP contribution in [0.1, 0.15) is 39.5 Å². The highest BCUT2D eigenvalue weighted by molar-refractivity contribution is 5.76. The Kier molecular flexibility index (Phi) is 6.42. The Morgan fingerprint density at radius 1 is 1.50 bits per heavy atom. The zero-order valence-electron chi connectivity index (χ0n) is 10.4. The second-order valence-corrected chi connectivity index (χ2v) is 4.45. The zero-order chi connectivity index (χ0) is 11.8. The SMILES string of the molecule is CCOCCCC(=O)NC1CCC(C)NC1. The lowest BCUT2D eigenvalue weighted by Crippen LogP contribution is -2.48. The second-order valence-electron chi connectivity index (χ2n) is 4.45. The molecule has 1 rings (SSSR count). The van der Waals surface area contributed by atoms with Crippen molar-refractivity contribution in [3.63, 3.8) is 0 Å². The van der Waals surface area contributed by atoms with Gasteiger partial charge in [0.2, 0.25) is 5.91 Å². The fraction of sp³-hybridized carbons (Fsp3) is 0.917. The molecule has 0 aliphatic carbocycles. The van der Waals surface area contributed by atoms with E-state index in [1.54, 1.807) is 0 Å². The number of hydrogen-bond donors (Lipinski definition) is 2. The standard InChI is InChI=1S/C12H24N2O2/c1-3-16-8-4-5-12(15)14-11-7-6-10(2)13-9-11/h10-11,13H,3-9H2,1-2H3,(H,14,15). The van der Waals surface area contributed by atoms with Gasteiger partial charge in [-0.2, -0.15) is 0 Å². The van der Waals surface area contributed by atoms with Gasteiger partial charge in [-0.3, -0.25) is 4.79 Å². The van der Waals surface area contributed by atoms with Gasteiger partial charge in [0.15, 0.2) is 0 Å². The van der Waals surface area contributed by atoms with Crippen LogP contribution in [0.2, 0.25) is 0 Å². The van der Waals surface area contributed by atoms with Crippen LogP contribution in [-0.2, 0) is 9.53 Å². The van der Waals surface area contributed by atoms with Gasteiger partial charge in [0.05, 0.1) is 0 Å². The Labute approximate surface area is 98.1 Å². The van der Waals surface area contributed by atoms with Gasteiger partial charge in [-0.15, -0.1) is 0 Å². The molecule has 1 aliphatic rings. The van der Waals surface area contributed by atoms with Crippen molar-refractivity contribution in [1.29, 1.82) is 0 Å². The van der Waals surface area contributed by atoms with Crippen LogP contribution in [0.5, 0.6) is 0 Å². The van der Waals surface area contributed by atoms with Gasteiger partial charge in [-0.25, -0.2) is 0 Å². The molecule has 0 bridgehead atoms. The molecule has 0 aromatic carbocycles. The number of carbonyl (C=O) groups is 1. The molecule has 1 amide bonds. The lowest BCUT2D eigenvalue weighted by Gasteiger charge is -2.28. The van der Waals surface area contributed by atoms with Crippen LogP contribution in [0.3, 0.4) is 0 Å². The molecule has 94 valence electrons. The number of hydrogen-bond acceptors (Lipinski definition) is 3. The summed E-state index contributed by atoms with van der Waals surface area (Å²) in [7, 11) is 0. The van der Waals surface area contributed by atoms with Gasteiger partial charge in [0.1, 0.15) is 0 Å². The van der Waals surface area contributed by atoms with E-state index in [4.69, 9.17) is 4.74 Å². The van der Waals surface area contributed by atoms with Crippen molar-refractivity contribution in [3.05, 3.63) is 0 Å². The first kappa shape index (κ1) is 13.5. The molecule has 0 radical (unpaired) electrons. The molecule has 1 fully saturated rings. The Morgan fingerprint density at radius 2 is 2.31 bits per heavy atom. The van der Waals surface area contributed by atoms with Crippen LogP contribution < -0.4 is 10.6 Å².